The molecule has 0 aliphatic carbocycles. The van der Waals surface area contributed by atoms with Crippen molar-refractivity contribution in [3.05, 3.63) is 49.3 Å². The van der Waals surface area contributed by atoms with Crippen molar-refractivity contribution < 1.29 is 4.79 Å². The zero-order valence-corrected chi connectivity index (χ0v) is 15.3. The SMILES string of the molecule is O=C(/C=C\c1cccs1)N1CCN(Cc2ccc(Br)s2)CC1. The Morgan fingerprint density at radius 2 is 2.05 bits per heavy atom. The van der Waals surface area contributed by atoms with E-state index in [1.807, 2.05) is 28.5 Å². The van der Waals surface area contributed by atoms with E-state index in [4.69, 9.17) is 0 Å². The largest absolute Gasteiger partial charge is 0.337 e. The maximum Gasteiger partial charge on any atom is 0.246 e. The van der Waals surface area contributed by atoms with E-state index < -0.39 is 0 Å². The Hall–Kier alpha value is -0.950. The van der Waals surface area contributed by atoms with Gasteiger partial charge in [-0.05, 0) is 45.6 Å². The van der Waals surface area contributed by atoms with Crippen molar-refractivity contribution in [2.24, 2.45) is 0 Å². The van der Waals surface area contributed by atoms with Gasteiger partial charge >= 0.3 is 0 Å². The van der Waals surface area contributed by atoms with Gasteiger partial charge in [-0.3, -0.25) is 9.69 Å². The highest BCUT2D eigenvalue weighted by Gasteiger charge is 2.19. The Balaban J connectivity index is 1.47. The smallest absolute Gasteiger partial charge is 0.246 e. The number of hydrogen-bond donors (Lipinski definition) is 0. The molecule has 116 valence electrons. The first-order valence-corrected chi connectivity index (χ1v) is 9.67. The highest BCUT2D eigenvalue weighted by Crippen LogP contribution is 2.23. The number of carbonyl (C=O) groups is 1. The molecule has 3 nitrogen and oxygen atoms in total. The average Bonchev–Trinajstić information content (AvgIpc) is 3.17. The van der Waals surface area contributed by atoms with Crippen LogP contribution < -0.4 is 0 Å². The summed E-state index contributed by atoms with van der Waals surface area (Å²) in [6.45, 7) is 4.46. The third kappa shape index (κ3) is 4.29. The Labute approximate surface area is 147 Å². The first kappa shape index (κ1) is 15.9. The summed E-state index contributed by atoms with van der Waals surface area (Å²) in [5, 5.41) is 2.02. The first-order chi connectivity index (χ1) is 10.7. The molecule has 0 bridgehead atoms. The molecule has 1 saturated heterocycles. The van der Waals surface area contributed by atoms with E-state index in [2.05, 4.69) is 33.0 Å². The molecule has 0 atom stereocenters. The van der Waals surface area contributed by atoms with Gasteiger partial charge in [0.2, 0.25) is 5.91 Å². The first-order valence-electron chi connectivity index (χ1n) is 7.18. The van der Waals surface area contributed by atoms with Crippen LogP contribution in [0.1, 0.15) is 9.75 Å². The molecule has 3 heterocycles. The van der Waals surface area contributed by atoms with E-state index in [1.54, 1.807) is 28.7 Å². The molecule has 0 spiro atoms. The fraction of sp³-hybridized carbons (Fsp3) is 0.312. The molecule has 1 aliphatic rings. The number of halogens is 1. The minimum Gasteiger partial charge on any atom is -0.337 e. The number of nitrogens with zero attached hydrogens (tertiary/aromatic N) is 2. The highest BCUT2D eigenvalue weighted by atomic mass is 79.9. The molecule has 22 heavy (non-hydrogen) atoms. The molecule has 0 radical (unpaired) electrons. The highest BCUT2D eigenvalue weighted by molar-refractivity contribution is 9.11. The fourth-order valence-corrected chi connectivity index (χ4v) is 4.57. The predicted octanol–water partition coefficient (Wildman–Crippen LogP) is 3.93. The second-order valence-electron chi connectivity index (χ2n) is 5.16. The van der Waals surface area contributed by atoms with Gasteiger partial charge in [0, 0.05) is 48.6 Å². The van der Waals surface area contributed by atoms with Crippen molar-refractivity contribution in [2.75, 3.05) is 26.2 Å². The second kappa shape index (κ2) is 7.55. The van der Waals surface area contributed by atoms with Crippen LogP contribution in [-0.4, -0.2) is 41.9 Å². The normalized spacial score (nSPS) is 16.5. The summed E-state index contributed by atoms with van der Waals surface area (Å²) in [5.74, 6) is 0.118. The Morgan fingerprint density at radius 3 is 2.68 bits per heavy atom. The van der Waals surface area contributed by atoms with Crippen molar-refractivity contribution in [1.29, 1.82) is 0 Å². The summed E-state index contributed by atoms with van der Waals surface area (Å²) < 4.78 is 1.18. The number of carbonyl (C=O) groups excluding carboxylic acids is 1. The molecule has 2 aromatic heterocycles. The van der Waals surface area contributed by atoms with E-state index in [0.29, 0.717) is 0 Å². The molecule has 0 N–H and O–H groups in total. The molecular weight excluding hydrogens is 380 g/mol. The van der Waals surface area contributed by atoms with Crippen LogP contribution in [0.15, 0.2) is 39.5 Å². The zero-order valence-electron chi connectivity index (χ0n) is 12.1. The maximum absolute atomic E-state index is 12.2. The van der Waals surface area contributed by atoms with Gasteiger partial charge in [-0.2, -0.15) is 0 Å². The second-order valence-corrected chi connectivity index (χ2v) is 8.68. The van der Waals surface area contributed by atoms with Gasteiger partial charge in [-0.1, -0.05) is 6.07 Å². The van der Waals surface area contributed by atoms with Crippen LogP contribution in [0.4, 0.5) is 0 Å². The van der Waals surface area contributed by atoms with Crippen LogP contribution in [0.2, 0.25) is 0 Å². The summed E-state index contributed by atoms with van der Waals surface area (Å²) >= 11 is 6.93. The maximum atomic E-state index is 12.2. The van der Waals surface area contributed by atoms with E-state index >= 15 is 0 Å². The summed E-state index contributed by atoms with van der Waals surface area (Å²) in [5.41, 5.74) is 0. The van der Waals surface area contributed by atoms with E-state index in [0.717, 1.165) is 37.6 Å². The van der Waals surface area contributed by atoms with Gasteiger partial charge in [0.05, 0.1) is 3.79 Å². The van der Waals surface area contributed by atoms with E-state index in [-0.39, 0.29) is 5.91 Å². The minimum atomic E-state index is 0.118. The lowest BCUT2D eigenvalue weighted by Crippen LogP contribution is -2.47. The molecule has 0 aromatic carbocycles. The summed E-state index contributed by atoms with van der Waals surface area (Å²) in [4.78, 5) is 19.0. The van der Waals surface area contributed by atoms with E-state index in [9.17, 15) is 4.79 Å². The van der Waals surface area contributed by atoms with Crippen molar-refractivity contribution in [3.8, 4) is 0 Å². The van der Waals surface area contributed by atoms with Gasteiger partial charge in [-0.15, -0.1) is 22.7 Å². The van der Waals surface area contributed by atoms with Crippen LogP contribution in [0.3, 0.4) is 0 Å². The van der Waals surface area contributed by atoms with Gasteiger partial charge in [0.1, 0.15) is 0 Å². The summed E-state index contributed by atoms with van der Waals surface area (Å²) in [7, 11) is 0. The average molecular weight is 397 g/mol. The van der Waals surface area contributed by atoms with Crippen molar-refractivity contribution in [1.82, 2.24) is 9.80 Å². The molecule has 1 amide bonds. The molecule has 2 aromatic rings. The summed E-state index contributed by atoms with van der Waals surface area (Å²) in [6.07, 6.45) is 3.60. The molecular formula is C16H17BrN2OS2. The van der Waals surface area contributed by atoms with Gasteiger partial charge in [-0.25, -0.2) is 0 Å². The molecule has 0 unspecified atom stereocenters. The lowest BCUT2D eigenvalue weighted by atomic mass is 10.3. The molecule has 1 aliphatic heterocycles. The van der Waals surface area contributed by atoms with Gasteiger partial charge in [0.25, 0.3) is 0 Å². The topological polar surface area (TPSA) is 23.6 Å². The van der Waals surface area contributed by atoms with Crippen LogP contribution >= 0.6 is 38.6 Å². The zero-order chi connectivity index (χ0) is 15.4. The Morgan fingerprint density at radius 1 is 1.23 bits per heavy atom. The van der Waals surface area contributed by atoms with Crippen molar-refractivity contribution >= 4 is 50.6 Å². The molecule has 1 fully saturated rings. The molecule has 0 saturated carbocycles. The third-order valence-electron chi connectivity index (χ3n) is 3.63. The quantitative estimate of drug-likeness (QED) is 0.730. The lowest BCUT2D eigenvalue weighted by molar-refractivity contribution is -0.127. The van der Waals surface area contributed by atoms with Crippen LogP contribution in [0.5, 0.6) is 0 Å². The Kier molecular flexibility index (Phi) is 5.46. The van der Waals surface area contributed by atoms with Crippen LogP contribution in [0, 0.1) is 0 Å². The standard InChI is InChI=1S/C16H17BrN2OS2/c17-15-5-3-14(22-15)12-18-7-9-19(10-8-18)16(20)6-4-13-2-1-11-21-13/h1-6,11H,7-10,12H2/b6-4-. The van der Waals surface area contributed by atoms with Gasteiger partial charge < -0.3 is 4.90 Å². The monoisotopic (exact) mass is 396 g/mol. The minimum absolute atomic E-state index is 0.118. The predicted molar refractivity (Wildman–Crippen MR) is 97.2 cm³/mol. The Bertz CT molecular complexity index is 643. The lowest BCUT2D eigenvalue weighted by Gasteiger charge is -2.33. The van der Waals surface area contributed by atoms with Crippen molar-refractivity contribution in [3.63, 3.8) is 0 Å². The molecule has 3 rings (SSSR count). The number of amides is 1. The number of rotatable bonds is 4. The summed E-state index contributed by atoms with van der Waals surface area (Å²) in [6, 6.07) is 8.27. The van der Waals surface area contributed by atoms with Gasteiger partial charge in [0.15, 0.2) is 0 Å². The van der Waals surface area contributed by atoms with Crippen LogP contribution in [0.25, 0.3) is 6.08 Å². The van der Waals surface area contributed by atoms with Crippen molar-refractivity contribution in [2.45, 2.75) is 6.54 Å². The molecule has 6 heteroatoms. The fourth-order valence-electron chi connectivity index (χ4n) is 2.43. The van der Waals surface area contributed by atoms with Crippen LogP contribution in [-0.2, 0) is 11.3 Å². The number of thiophene rings is 2. The number of piperazine rings is 1. The van der Waals surface area contributed by atoms with E-state index in [1.165, 1.54) is 8.66 Å². The third-order valence-corrected chi connectivity index (χ3v) is 6.07. The number of hydrogen-bond acceptors (Lipinski definition) is 4.